The van der Waals surface area contributed by atoms with Gasteiger partial charge in [-0.2, -0.15) is 0 Å². The zero-order chi connectivity index (χ0) is 40.2. The summed E-state index contributed by atoms with van der Waals surface area (Å²) in [5, 5.41) is 8.78. The topological polar surface area (TPSA) is 103 Å². The van der Waals surface area contributed by atoms with Crippen LogP contribution < -0.4 is 20.1 Å². The van der Waals surface area contributed by atoms with Gasteiger partial charge >= 0.3 is 5.97 Å². The summed E-state index contributed by atoms with van der Waals surface area (Å²) in [6.45, 7) is 2.84. The van der Waals surface area contributed by atoms with Crippen LogP contribution >= 0.6 is 0 Å². The highest BCUT2D eigenvalue weighted by molar-refractivity contribution is 5.98. The number of methoxy groups -OCH3 is 1. The number of rotatable bonds is 13. The van der Waals surface area contributed by atoms with Gasteiger partial charge in [0.05, 0.1) is 30.1 Å². The number of nitrogens with one attached hydrogen (secondary N) is 2. The van der Waals surface area contributed by atoms with Crippen molar-refractivity contribution in [2.24, 2.45) is 40.9 Å². The number of fused-ring (bicyclic) bond motifs is 3. The summed E-state index contributed by atoms with van der Waals surface area (Å²) in [4.78, 5) is 41.6. The van der Waals surface area contributed by atoms with Crippen molar-refractivity contribution in [3.05, 3.63) is 83.7 Å². The maximum atomic E-state index is 15.5. The highest BCUT2D eigenvalue weighted by Gasteiger charge is 2.49. The lowest BCUT2D eigenvalue weighted by molar-refractivity contribution is -0.159. The third kappa shape index (κ3) is 8.65. The number of carbonyl (C=O) groups excluding carboxylic acids is 3. The molecule has 4 fully saturated rings. The molecule has 0 unspecified atom stereocenters. The Labute approximate surface area is 343 Å². The first-order valence-corrected chi connectivity index (χ1v) is 22.2. The molecule has 0 aliphatic heterocycles. The van der Waals surface area contributed by atoms with Gasteiger partial charge in [-0.15, -0.1) is 0 Å². The van der Waals surface area contributed by atoms with Gasteiger partial charge in [0.15, 0.2) is 11.6 Å². The first-order chi connectivity index (χ1) is 28.2. The van der Waals surface area contributed by atoms with E-state index >= 15 is 4.39 Å². The first-order valence-electron chi connectivity index (χ1n) is 22.2. The number of carbonyl (C=O) groups is 3. The lowest BCUT2D eigenvalue weighted by Crippen LogP contribution is -2.50. The smallest absolute Gasteiger partial charge is 0.312 e. The molecule has 3 aromatic rings. The summed E-state index contributed by atoms with van der Waals surface area (Å²) in [7, 11) is 1.42. The van der Waals surface area contributed by atoms with Gasteiger partial charge in [0, 0.05) is 18.7 Å². The van der Waals surface area contributed by atoms with Crippen LogP contribution in [0.4, 0.5) is 4.39 Å². The monoisotopic (exact) mass is 792 g/mol. The number of benzene rings is 3. The second kappa shape index (κ2) is 17.8. The highest BCUT2D eigenvalue weighted by Crippen LogP contribution is 2.45. The van der Waals surface area contributed by atoms with E-state index in [1.807, 2.05) is 49.4 Å². The fraction of sp³-hybridized carbons (Fsp3) is 0.571. The molecule has 0 radical (unpaired) electrons. The van der Waals surface area contributed by atoms with E-state index in [-0.39, 0.29) is 65.4 Å². The lowest BCUT2D eigenvalue weighted by Gasteiger charge is -2.38. The largest absolute Gasteiger partial charge is 0.496 e. The van der Waals surface area contributed by atoms with E-state index in [0.717, 1.165) is 22.8 Å². The molecule has 4 saturated carbocycles. The third-order valence-electron chi connectivity index (χ3n) is 14.6. The molecule has 5 aliphatic carbocycles. The maximum absolute atomic E-state index is 15.5. The van der Waals surface area contributed by atoms with Crippen LogP contribution in [-0.4, -0.2) is 43.6 Å². The molecule has 0 saturated heterocycles. The number of amides is 2. The number of halogens is 1. The normalized spacial score (nSPS) is 27.4. The number of allylic oxidation sites excluding steroid dienone is 1. The van der Waals surface area contributed by atoms with Gasteiger partial charge in [-0.25, -0.2) is 4.39 Å². The van der Waals surface area contributed by atoms with E-state index in [4.69, 9.17) is 14.2 Å². The molecule has 58 heavy (non-hydrogen) atoms. The number of hydrogen-bond acceptors (Lipinski definition) is 6. The van der Waals surface area contributed by atoms with E-state index in [0.29, 0.717) is 50.0 Å². The first kappa shape index (κ1) is 40.4. The van der Waals surface area contributed by atoms with Crippen molar-refractivity contribution in [1.29, 1.82) is 0 Å². The van der Waals surface area contributed by atoms with E-state index in [2.05, 4.69) is 22.8 Å². The van der Waals surface area contributed by atoms with Crippen molar-refractivity contribution < 1.29 is 33.0 Å². The fourth-order valence-electron chi connectivity index (χ4n) is 11.2. The SMILES string of the molecule is COc1cc(F)c(OC2CCC(C)(C(=O)OCc3cccc4ccccc34)CC2)cc1C(=O)N[C@H]1[C@@H](C(=O)NCC(C2CCCCC2)C2CCCCC2)[C@H]2C=C[C@@H]1C2. The molecule has 2 bridgehead atoms. The highest BCUT2D eigenvalue weighted by atomic mass is 19.1. The molecule has 310 valence electrons. The van der Waals surface area contributed by atoms with Gasteiger partial charge in [0.2, 0.25) is 5.91 Å². The van der Waals surface area contributed by atoms with Crippen molar-refractivity contribution in [3.63, 3.8) is 0 Å². The summed E-state index contributed by atoms with van der Waals surface area (Å²) in [5.74, 6) is 0.433. The standard InChI is InChI=1S/C49H61FN2O6/c1-49(48(55)57-30-36-18-11-17-31-16-9-10-19-38(31)36)24-22-37(23-25-49)58-43-27-39(42(56-2)28-41(43)50)46(53)52-45-35-21-20-34(26-35)44(45)47(54)51-29-40(32-12-5-3-6-13-32)33-14-7-4-8-15-33/h9-11,16-21,27-28,32-35,37,40,44-45H,3-8,12-15,22-26,29-30H2,1-2H3,(H,51,54)(H,52,53)/t34-,35+,37?,44-,45+,49?/m0/s1. The van der Waals surface area contributed by atoms with Crippen molar-refractivity contribution in [3.8, 4) is 11.5 Å². The van der Waals surface area contributed by atoms with Crippen molar-refractivity contribution >= 4 is 28.6 Å². The van der Waals surface area contributed by atoms with E-state index in [1.54, 1.807) is 0 Å². The predicted molar refractivity (Wildman–Crippen MR) is 223 cm³/mol. The van der Waals surface area contributed by atoms with Gasteiger partial charge < -0.3 is 24.8 Å². The molecule has 2 N–H and O–H groups in total. The minimum Gasteiger partial charge on any atom is -0.496 e. The number of esters is 1. The Hall–Kier alpha value is -4.40. The molecule has 0 spiro atoms. The Kier molecular flexibility index (Phi) is 12.4. The summed E-state index contributed by atoms with van der Waals surface area (Å²) in [5.41, 5.74) is 0.445. The van der Waals surface area contributed by atoms with E-state index in [1.165, 1.54) is 83.5 Å². The Morgan fingerprint density at radius 2 is 1.50 bits per heavy atom. The fourth-order valence-corrected chi connectivity index (χ4v) is 11.2. The van der Waals surface area contributed by atoms with Crippen LogP contribution in [0.1, 0.15) is 119 Å². The molecule has 5 aliphatic rings. The second-order valence-corrected chi connectivity index (χ2v) is 18.3. The van der Waals surface area contributed by atoms with E-state index < -0.39 is 17.1 Å². The molecule has 8 rings (SSSR count). The minimum atomic E-state index is -0.682. The lowest BCUT2D eigenvalue weighted by atomic mass is 9.69. The van der Waals surface area contributed by atoms with Gasteiger partial charge in [-0.05, 0) is 91.0 Å². The molecule has 9 heteroatoms. The number of hydrogen-bond donors (Lipinski definition) is 2. The molecular formula is C49H61FN2O6. The van der Waals surface area contributed by atoms with Crippen LogP contribution in [0.25, 0.3) is 10.8 Å². The molecule has 2 amide bonds. The molecule has 8 nitrogen and oxygen atoms in total. The van der Waals surface area contributed by atoms with Crippen molar-refractivity contribution in [2.45, 2.75) is 122 Å². The average molecular weight is 793 g/mol. The predicted octanol–water partition coefficient (Wildman–Crippen LogP) is 9.87. The van der Waals surface area contributed by atoms with Crippen LogP contribution in [0.5, 0.6) is 11.5 Å². The van der Waals surface area contributed by atoms with Gasteiger partial charge in [0.1, 0.15) is 12.4 Å². The minimum absolute atomic E-state index is 0.0237. The molecule has 0 heterocycles. The Balaban J connectivity index is 0.892. The zero-order valence-electron chi connectivity index (χ0n) is 34.3. The Morgan fingerprint density at radius 3 is 2.21 bits per heavy atom. The van der Waals surface area contributed by atoms with Gasteiger partial charge in [-0.3, -0.25) is 14.4 Å². The maximum Gasteiger partial charge on any atom is 0.312 e. The van der Waals surface area contributed by atoms with Crippen molar-refractivity contribution in [1.82, 2.24) is 10.6 Å². The van der Waals surface area contributed by atoms with Crippen molar-refractivity contribution in [2.75, 3.05) is 13.7 Å². The van der Waals surface area contributed by atoms with Gasteiger partial charge in [-0.1, -0.05) is 119 Å². The summed E-state index contributed by atoms with van der Waals surface area (Å²) >= 11 is 0. The molecule has 3 aromatic carbocycles. The zero-order valence-corrected chi connectivity index (χ0v) is 34.3. The third-order valence-corrected chi connectivity index (χ3v) is 14.6. The second-order valence-electron chi connectivity index (χ2n) is 18.3. The van der Waals surface area contributed by atoms with Crippen LogP contribution in [0.3, 0.4) is 0 Å². The molecular weight excluding hydrogens is 732 g/mol. The molecule has 4 atom stereocenters. The summed E-state index contributed by atoms with van der Waals surface area (Å²) in [6.07, 6.45) is 19.7. The Bertz CT molecular complexity index is 1950. The quantitative estimate of drug-likeness (QED) is 0.132. The molecule has 0 aromatic heterocycles. The van der Waals surface area contributed by atoms with E-state index in [9.17, 15) is 14.4 Å². The van der Waals surface area contributed by atoms with Crippen LogP contribution in [0, 0.1) is 46.7 Å². The number of ether oxygens (including phenoxy) is 3. The average Bonchev–Trinajstić information content (AvgIpc) is 3.87. The van der Waals surface area contributed by atoms with Crippen LogP contribution in [0.15, 0.2) is 66.7 Å². The Morgan fingerprint density at radius 1 is 0.828 bits per heavy atom. The summed E-state index contributed by atoms with van der Waals surface area (Å²) < 4.78 is 33.1. The van der Waals surface area contributed by atoms with Crippen LogP contribution in [0.2, 0.25) is 0 Å². The van der Waals surface area contributed by atoms with Crippen LogP contribution in [-0.2, 0) is 20.9 Å². The summed E-state index contributed by atoms with van der Waals surface area (Å²) in [6, 6.07) is 16.3. The van der Waals surface area contributed by atoms with Gasteiger partial charge in [0.25, 0.3) is 5.91 Å².